The van der Waals surface area contributed by atoms with Crippen molar-refractivity contribution in [2.75, 3.05) is 19.6 Å². The van der Waals surface area contributed by atoms with E-state index in [0.29, 0.717) is 37.7 Å². The lowest BCUT2D eigenvalue weighted by molar-refractivity contribution is -0.138. The number of hydrogen-bond acceptors (Lipinski definition) is 5. The summed E-state index contributed by atoms with van der Waals surface area (Å²) in [6.07, 6.45) is 5.43. The van der Waals surface area contributed by atoms with Crippen LogP contribution in [0, 0.1) is 5.92 Å². The van der Waals surface area contributed by atoms with Crippen molar-refractivity contribution in [1.29, 1.82) is 0 Å². The number of likely N-dealkylation sites (tertiary alicyclic amines) is 2. The molecule has 2 N–H and O–H groups in total. The number of hydrogen-bond donors (Lipinski definition) is 1. The van der Waals surface area contributed by atoms with E-state index >= 15 is 0 Å². The molecule has 0 radical (unpaired) electrons. The molecule has 4 rings (SSSR count). The molecule has 3 amide bonds. The van der Waals surface area contributed by atoms with Crippen LogP contribution >= 0.6 is 0 Å². The largest absolute Gasteiger partial charge is 0.351 e. The predicted octanol–water partition coefficient (Wildman–Crippen LogP) is 1.40. The number of nitrogens with two attached hydrogens (primary N) is 1. The number of amides is 3. The molecule has 0 bridgehead atoms. The van der Waals surface area contributed by atoms with Gasteiger partial charge in [0.1, 0.15) is 0 Å². The summed E-state index contributed by atoms with van der Waals surface area (Å²) in [5, 5.41) is 4.12. The van der Waals surface area contributed by atoms with E-state index < -0.39 is 6.03 Å². The van der Waals surface area contributed by atoms with E-state index in [1.165, 1.54) is 0 Å². The average Bonchev–Trinajstić information content (AvgIpc) is 3.12. The minimum atomic E-state index is -0.403. The molecule has 8 heteroatoms. The van der Waals surface area contributed by atoms with Crippen LogP contribution < -0.4 is 5.73 Å². The Kier molecular flexibility index (Phi) is 3.90. The van der Waals surface area contributed by atoms with Crippen LogP contribution in [0.25, 0.3) is 0 Å². The van der Waals surface area contributed by atoms with Crippen LogP contribution in [-0.2, 0) is 4.79 Å². The molecular weight excluding hydrogens is 310 g/mol. The third kappa shape index (κ3) is 2.85. The van der Waals surface area contributed by atoms with E-state index in [4.69, 9.17) is 10.3 Å². The minimum Gasteiger partial charge on any atom is -0.351 e. The first-order chi connectivity index (χ1) is 11.6. The summed E-state index contributed by atoms with van der Waals surface area (Å²) in [6.45, 7) is 1.85. The Hall–Kier alpha value is -2.12. The zero-order valence-corrected chi connectivity index (χ0v) is 13.7. The summed E-state index contributed by atoms with van der Waals surface area (Å²) in [6, 6.07) is -0.470. The number of nitrogens with zero attached hydrogens (tertiary/aromatic N) is 4. The summed E-state index contributed by atoms with van der Waals surface area (Å²) in [5.74, 6) is 1.90. The van der Waals surface area contributed by atoms with E-state index in [0.717, 1.165) is 38.1 Å². The molecule has 130 valence electrons. The second kappa shape index (κ2) is 6.07. The van der Waals surface area contributed by atoms with Crippen molar-refractivity contribution >= 4 is 11.9 Å². The van der Waals surface area contributed by atoms with Crippen LogP contribution in [0.1, 0.15) is 62.2 Å². The Morgan fingerprint density at radius 2 is 1.83 bits per heavy atom. The number of carbonyl (C=O) groups excluding carboxylic acids is 2. The fourth-order valence-electron chi connectivity index (χ4n) is 3.76. The maximum absolute atomic E-state index is 12.9. The van der Waals surface area contributed by atoms with Crippen LogP contribution in [0.3, 0.4) is 0 Å². The minimum absolute atomic E-state index is 0.0454. The Balaban J connectivity index is 1.42. The molecule has 1 aliphatic carbocycles. The van der Waals surface area contributed by atoms with Crippen molar-refractivity contribution in [2.24, 2.45) is 11.7 Å². The summed E-state index contributed by atoms with van der Waals surface area (Å²) in [5.41, 5.74) is 5.31. The molecule has 1 aromatic rings. The zero-order valence-electron chi connectivity index (χ0n) is 13.7. The third-order valence-corrected chi connectivity index (χ3v) is 5.37. The lowest BCUT2D eigenvalue weighted by atomic mass is 9.95. The van der Waals surface area contributed by atoms with Gasteiger partial charge in [-0.1, -0.05) is 5.16 Å². The highest BCUT2D eigenvalue weighted by Crippen LogP contribution is 2.40. The van der Waals surface area contributed by atoms with E-state index in [1.807, 2.05) is 4.90 Å². The normalized spacial score (nSPS) is 25.2. The molecule has 3 aliphatic rings. The fourth-order valence-corrected chi connectivity index (χ4v) is 3.76. The number of carbonyl (C=O) groups is 2. The molecule has 0 unspecified atom stereocenters. The highest BCUT2D eigenvalue weighted by Gasteiger charge is 2.39. The predicted molar refractivity (Wildman–Crippen MR) is 83.8 cm³/mol. The first-order valence-corrected chi connectivity index (χ1v) is 8.82. The average molecular weight is 333 g/mol. The standard InChI is InChI=1S/C16H23N5O3/c17-16(23)20-8-5-11(6-9-20)15(22)21-7-1-2-12(21)13-18-14(24-19-13)10-3-4-10/h10-12H,1-9H2,(H2,17,23)/t12-/m1/s1. The first kappa shape index (κ1) is 15.4. The van der Waals surface area contributed by atoms with Crippen LogP contribution in [0.4, 0.5) is 4.79 Å². The molecular formula is C16H23N5O3. The number of urea groups is 1. The van der Waals surface area contributed by atoms with Gasteiger partial charge in [-0.25, -0.2) is 4.79 Å². The molecule has 8 nitrogen and oxygen atoms in total. The molecule has 0 aromatic carbocycles. The van der Waals surface area contributed by atoms with E-state index in [2.05, 4.69) is 10.1 Å². The SMILES string of the molecule is NC(=O)N1CCC(C(=O)N2CCC[C@@H]2c2noc(C3CC3)n2)CC1. The second-order valence-corrected chi connectivity index (χ2v) is 7.05. The van der Waals surface area contributed by atoms with E-state index in [-0.39, 0.29) is 17.9 Å². The lowest BCUT2D eigenvalue weighted by Gasteiger charge is -2.33. The number of piperidine rings is 1. The first-order valence-electron chi connectivity index (χ1n) is 8.82. The molecule has 3 heterocycles. The van der Waals surface area contributed by atoms with Crippen LogP contribution in [0.15, 0.2) is 4.52 Å². The number of primary amides is 1. The van der Waals surface area contributed by atoms with Gasteiger partial charge in [-0.05, 0) is 38.5 Å². The van der Waals surface area contributed by atoms with Gasteiger partial charge in [0.25, 0.3) is 0 Å². The summed E-state index contributed by atoms with van der Waals surface area (Å²) in [4.78, 5) is 32.2. The maximum atomic E-state index is 12.9. The second-order valence-electron chi connectivity index (χ2n) is 7.05. The van der Waals surface area contributed by atoms with Gasteiger partial charge in [0, 0.05) is 31.5 Å². The van der Waals surface area contributed by atoms with Crippen LogP contribution in [0.2, 0.25) is 0 Å². The van der Waals surface area contributed by atoms with E-state index in [9.17, 15) is 9.59 Å². The monoisotopic (exact) mass is 333 g/mol. The van der Waals surface area contributed by atoms with Crippen LogP contribution in [0.5, 0.6) is 0 Å². The summed E-state index contributed by atoms with van der Waals surface area (Å²) >= 11 is 0. The van der Waals surface area contributed by atoms with E-state index in [1.54, 1.807) is 4.90 Å². The highest BCUT2D eigenvalue weighted by molar-refractivity contribution is 5.80. The Bertz CT molecular complexity index is 633. The Morgan fingerprint density at radius 1 is 1.08 bits per heavy atom. The van der Waals surface area contributed by atoms with Crippen molar-refractivity contribution in [2.45, 2.75) is 50.5 Å². The molecule has 1 saturated carbocycles. The van der Waals surface area contributed by atoms with Crippen molar-refractivity contribution in [3.63, 3.8) is 0 Å². The molecule has 3 fully saturated rings. The van der Waals surface area contributed by atoms with Crippen molar-refractivity contribution < 1.29 is 14.1 Å². The molecule has 1 aromatic heterocycles. The van der Waals surface area contributed by atoms with Gasteiger partial charge in [-0.15, -0.1) is 0 Å². The van der Waals surface area contributed by atoms with Gasteiger partial charge in [0.05, 0.1) is 6.04 Å². The van der Waals surface area contributed by atoms with Gasteiger partial charge in [0.15, 0.2) is 5.82 Å². The van der Waals surface area contributed by atoms with Gasteiger partial charge in [-0.3, -0.25) is 4.79 Å². The summed E-state index contributed by atoms with van der Waals surface area (Å²) < 4.78 is 5.36. The third-order valence-electron chi connectivity index (χ3n) is 5.37. The summed E-state index contributed by atoms with van der Waals surface area (Å²) in [7, 11) is 0. The van der Waals surface area contributed by atoms with Crippen molar-refractivity contribution in [1.82, 2.24) is 19.9 Å². The quantitative estimate of drug-likeness (QED) is 0.900. The Morgan fingerprint density at radius 3 is 2.50 bits per heavy atom. The van der Waals surface area contributed by atoms with Crippen molar-refractivity contribution in [3.8, 4) is 0 Å². The van der Waals surface area contributed by atoms with Gasteiger partial charge < -0.3 is 20.1 Å². The zero-order chi connectivity index (χ0) is 16.7. The highest BCUT2D eigenvalue weighted by atomic mass is 16.5. The van der Waals surface area contributed by atoms with Gasteiger partial charge in [0.2, 0.25) is 11.8 Å². The number of aromatic nitrogens is 2. The topological polar surface area (TPSA) is 106 Å². The lowest BCUT2D eigenvalue weighted by Crippen LogP contribution is -2.46. The van der Waals surface area contributed by atoms with Gasteiger partial charge in [-0.2, -0.15) is 4.98 Å². The van der Waals surface area contributed by atoms with Crippen LogP contribution in [-0.4, -0.2) is 51.5 Å². The molecule has 24 heavy (non-hydrogen) atoms. The Labute approximate surface area is 140 Å². The smallest absolute Gasteiger partial charge is 0.314 e. The van der Waals surface area contributed by atoms with Gasteiger partial charge >= 0.3 is 6.03 Å². The molecule has 2 saturated heterocycles. The molecule has 1 atom stereocenters. The number of rotatable bonds is 3. The van der Waals surface area contributed by atoms with Crippen molar-refractivity contribution in [3.05, 3.63) is 11.7 Å². The fraction of sp³-hybridized carbons (Fsp3) is 0.750. The molecule has 2 aliphatic heterocycles. The molecule has 0 spiro atoms. The maximum Gasteiger partial charge on any atom is 0.314 e.